The Balaban J connectivity index is 2.60. The van der Waals surface area contributed by atoms with Gasteiger partial charge < -0.3 is 10.6 Å². The van der Waals surface area contributed by atoms with E-state index in [4.69, 9.17) is 0 Å². The summed E-state index contributed by atoms with van der Waals surface area (Å²) in [5.74, 6) is 0.435. The van der Waals surface area contributed by atoms with Gasteiger partial charge in [0.2, 0.25) is 0 Å². The van der Waals surface area contributed by atoms with Gasteiger partial charge in [-0.3, -0.25) is 0 Å². The van der Waals surface area contributed by atoms with Gasteiger partial charge in [-0.25, -0.2) is 4.79 Å². The van der Waals surface area contributed by atoms with Crippen LogP contribution in [0.4, 0.5) is 4.79 Å². The molecule has 0 heterocycles. The predicted molar refractivity (Wildman–Crippen MR) is 85.0 cm³/mol. The largest absolute Gasteiger partial charge is 0.337 e. The fraction of sp³-hybridized carbons (Fsp3) is 0.588. The molecule has 2 amide bonds. The van der Waals surface area contributed by atoms with Crippen LogP contribution in [0.5, 0.6) is 0 Å². The van der Waals surface area contributed by atoms with Gasteiger partial charge in [0.1, 0.15) is 0 Å². The topological polar surface area (TPSA) is 41.1 Å². The third-order valence-electron chi connectivity index (χ3n) is 3.92. The van der Waals surface area contributed by atoms with Crippen LogP contribution in [-0.4, -0.2) is 18.6 Å². The molecule has 0 fully saturated rings. The van der Waals surface area contributed by atoms with Crippen LogP contribution in [0.25, 0.3) is 0 Å². The minimum absolute atomic E-state index is 0.0796. The molecule has 0 aromatic heterocycles. The Bertz CT molecular complexity index is 452. The number of nitrogens with one attached hydrogen (secondary N) is 2. The number of benzene rings is 1. The van der Waals surface area contributed by atoms with Crippen molar-refractivity contribution in [1.29, 1.82) is 0 Å². The number of carbonyl (C=O) groups is 1. The number of amides is 2. The van der Waals surface area contributed by atoms with E-state index < -0.39 is 0 Å². The lowest BCUT2D eigenvalue weighted by molar-refractivity contribution is 0.232. The molecule has 0 radical (unpaired) electrons. The highest BCUT2D eigenvalue weighted by molar-refractivity contribution is 5.74. The summed E-state index contributed by atoms with van der Waals surface area (Å²) >= 11 is 0. The van der Waals surface area contributed by atoms with Gasteiger partial charge in [-0.1, -0.05) is 52.0 Å². The summed E-state index contributed by atoms with van der Waals surface area (Å²) in [4.78, 5) is 11.9. The number of urea groups is 1. The quantitative estimate of drug-likeness (QED) is 0.847. The maximum Gasteiger partial charge on any atom is 0.315 e. The average molecular weight is 276 g/mol. The standard InChI is InChI=1S/C17H28N2O/c1-12(2)14(4)19-16(20)18-11-17(5,6)15-10-8-7-9-13(15)3/h7-10,12,14H,11H2,1-6H3,(H2,18,19,20). The first-order valence-electron chi connectivity index (χ1n) is 7.34. The van der Waals surface area contributed by atoms with Crippen molar-refractivity contribution in [3.8, 4) is 0 Å². The first-order chi connectivity index (χ1) is 9.24. The first kappa shape index (κ1) is 16.5. The molecule has 0 aliphatic rings. The van der Waals surface area contributed by atoms with Crippen molar-refractivity contribution >= 4 is 6.03 Å². The van der Waals surface area contributed by atoms with Gasteiger partial charge in [-0.2, -0.15) is 0 Å². The van der Waals surface area contributed by atoms with E-state index in [1.165, 1.54) is 11.1 Å². The van der Waals surface area contributed by atoms with E-state index >= 15 is 0 Å². The highest BCUT2D eigenvalue weighted by Crippen LogP contribution is 2.25. The number of carbonyl (C=O) groups excluding carboxylic acids is 1. The molecule has 0 aliphatic heterocycles. The maximum atomic E-state index is 11.9. The summed E-state index contributed by atoms with van der Waals surface area (Å²) in [7, 11) is 0. The summed E-state index contributed by atoms with van der Waals surface area (Å²) in [6.07, 6.45) is 0. The first-order valence-corrected chi connectivity index (χ1v) is 7.34. The Morgan fingerprint density at radius 2 is 1.80 bits per heavy atom. The number of hydrogen-bond acceptors (Lipinski definition) is 1. The molecule has 20 heavy (non-hydrogen) atoms. The van der Waals surface area contributed by atoms with Gasteiger partial charge in [0.25, 0.3) is 0 Å². The van der Waals surface area contributed by atoms with E-state index in [9.17, 15) is 4.79 Å². The second-order valence-corrected chi connectivity index (χ2v) is 6.56. The molecule has 3 nitrogen and oxygen atoms in total. The smallest absolute Gasteiger partial charge is 0.315 e. The molecule has 0 bridgehead atoms. The Kier molecular flexibility index (Phi) is 5.61. The van der Waals surface area contributed by atoms with Gasteiger partial charge in [-0.15, -0.1) is 0 Å². The Morgan fingerprint density at radius 3 is 2.35 bits per heavy atom. The number of rotatable bonds is 5. The van der Waals surface area contributed by atoms with Crippen LogP contribution in [0.1, 0.15) is 45.7 Å². The van der Waals surface area contributed by atoms with Crippen molar-refractivity contribution in [1.82, 2.24) is 10.6 Å². The van der Waals surface area contributed by atoms with E-state index in [2.05, 4.69) is 57.4 Å². The van der Waals surface area contributed by atoms with Gasteiger partial charge in [-0.05, 0) is 30.9 Å². The van der Waals surface area contributed by atoms with Crippen LogP contribution in [0, 0.1) is 12.8 Å². The molecule has 1 rings (SSSR count). The highest BCUT2D eigenvalue weighted by atomic mass is 16.2. The molecule has 0 saturated heterocycles. The SMILES string of the molecule is Cc1ccccc1C(C)(C)CNC(=O)NC(C)C(C)C. The van der Waals surface area contributed by atoms with Crippen molar-refractivity contribution < 1.29 is 4.79 Å². The van der Waals surface area contributed by atoms with Gasteiger partial charge in [0, 0.05) is 18.0 Å². The average Bonchev–Trinajstić information content (AvgIpc) is 2.36. The minimum Gasteiger partial charge on any atom is -0.337 e. The second-order valence-electron chi connectivity index (χ2n) is 6.56. The Labute approximate surface area is 123 Å². The van der Waals surface area contributed by atoms with Crippen LogP contribution >= 0.6 is 0 Å². The third kappa shape index (κ3) is 4.55. The lowest BCUT2D eigenvalue weighted by atomic mass is 9.82. The highest BCUT2D eigenvalue weighted by Gasteiger charge is 2.23. The van der Waals surface area contributed by atoms with Crippen LogP contribution in [0.2, 0.25) is 0 Å². The molecule has 1 aromatic rings. The molecule has 2 N–H and O–H groups in total. The fourth-order valence-electron chi connectivity index (χ4n) is 2.15. The molecule has 1 unspecified atom stereocenters. The van der Waals surface area contributed by atoms with Crippen molar-refractivity contribution in [3.63, 3.8) is 0 Å². The minimum atomic E-state index is -0.0899. The zero-order chi connectivity index (χ0) is 15.3. The number of aryl methyl sites for hydroxylation is 1. The van der Waals surface area contributed by atoms with Gasteiger partial charge in [0.15, 0.2) is 0 Å². The Hall–Kier alpha value is -1.51. The normalized spacial score (nSPS) is 13.2. The molecule has 1 atom stereocenters. The van der Waals surface area contributed by atoms with Crippen LogP contribution in [0.15, 0.2) is 24.3 Å². The summed E-state index contributed by atoms with van der Waals surface area (Å²) in [6.45, 7) is 13.3. The van der Waals surface area contributed by atoms with Crippen LogP contribution < -0.4 is 10.6 Å². The monoisotopic (exact) mass is 276 g/mol. The molecule has 0 aliphatic carbocycles. The number of hydrogen-bond donors (Lipinski definition) is 2. The van der Waals surface area contributed by atoms with Crippen LogP contribution in [-0.2, 0) is 5.41 Å². The van der Waals surface area contributed by atoms with E-state index in [-0.39, 0.29) is 17.5 Å². The Morgan fingerprint density at radius 1 is 1.20 bits per heavy atom. The van der Waals surface area contributed by atoms with Gasteiger partial charge >= 0.3 is 6.03 Å². The molecule has 1 aromatic carbocycles. The molecular formula is C17H28N2O. The molecule has 0 saturated carbocycles. The molecule has 112 valence electrons. The van der Waals surface area contributed by atoms with Crippen molar-refractivity contribution in [2.45, 2.75) is 53.0 Å². The summed E-state index contributed by atoms with van der Waals surface area (Å²) in [5, 5.41) is 5.95. The van der Waals surface area contributed by atoms with Crippen molar-refractivity contribution in [3.05, 3.63) is 35.4 Å². The van der Waals surface area contributed by atoms with E-state index in [0.717, 1.165) is 0 Å². The molecule has 0 spiro atoms. The lowest BCUT2D eigenvalue weighted by Crippen LogP contribution is -2.46. The van der Waals surface area contributed by atoms with Crippen molar-refractivity contribution in [2.75, 3.05) is 6.54 Å². The van der Waals surface area contributed by atoms with E-state index in [0.29, 0.717) is 12.5 Å². The summed E-state index contributed by atoms with van der Waals surface area (Å²) in [6, 6.07) is 8.41. The second kappa shape index (κ2) is 6.78. The maximum absolute atomic E-state index is 11.9. The van der Waals surface area contributed by atoms with Crippen LogP contribution in [0.3, 0.4) is 0 Å². The zero-order valence-electron chi connectivity index (χ0n) is 13.6. The molecule has 3 heteroatoms. The van der Waals surface area contributed by atoms with E-state index in [1.54, 1.807) is 0 Å². The van der Waals surface area contributed by atoms with Crippen molar-refractivity contribution in [2.24, 2.45) is 5.92 Å². The lowest BCUT2D eigenvalue weighted by Gasteiger charge is -2.28. The fourth-order valence-corrected chi connectivity index (χ4v) is 2.15. The molecular weight excluding hydrogens is 248 g/mol. The summed E-state index contributed by atoms with van der Waals surface area (Å²) in [5.41, 5.74) is 2.46. The predicted octanol–water partition coefficient (Wildman–Crippen LogP) is 3.62. The van der Waals surface area contributed by atoms with Gasteiger partial charge in [0.05, 0.1) is 0 Å². The zero-order valence-corrected chi connectivity index (χ0v) is 13.6. The summed E-state index contributed by atoms with van der Waals surface area (Å²) < 4.78 is 0. The van der Waals surface area contributed by atoms with E-state index in [1.807, 2.05) is 19.1 Å². The third-order valence-corrected chi connectivity index (χ3v) is 3.92.